The first kappa shape index (κ1) is 60.9. The molecule has 0 aromatic heterocycles. The number of fused-ring (bicyclic) bond motifs is 2. The van der Waals surface area contributed by atoms with Gasteiger partial charge in [-0.1, -0.05) is 36.4 Å². The second kappa shape index (κ2) is 26.7. The molecule has 0 atom stereocenters. The van der Waals surface area contributed by atoms with Crippen LogP contribution in [0.15, 0.2) is 125 Å². The van der Waals surface area contributed by atoms with E-state index < -0.39 is 77.2 Å². The highest BCUT2D eigenvalue weighted by Gasteiger charge is 2.23. The number of aliphatic hydroxyl groups is 5. The van der Waals surface area contributed by atoms with Crippen molar-refractivity contribution in [2.45, 2.75) is 19.6 Å². The van der Waals surface area contributed by atoms with Gasteiger partial charge >= 0.3 is 0 Å². The maximum absolute atomic E-state index is 12.4. The fourth-order valence-corrected chi connectivity index (χ4v) is 9.33. The predicted octanol–water partition coefficient (Wildman–Crippen LogP) is 3.38. The molecule has 0 aliphatic carbocycles. The second-order valence-corrected chi connectivity index (χ2v) is 20.9. The Bertz CT molecular complexity index is 3550. The van der Waals surface area contributed by atoms with Crippen LogP contribution in [0.5, 0.6) is 11.5 Å². The summed E-state index contributed by atoms with van der Waals surface area (Å²) in [5.74, 6) is -1.22. The van der Waals surface area contributed by atoms with Gasteiger partial charge in [-0.2, -0.15) is 43.9 Å². The SMILES string of the molecule is Nc1ccc2cc(S(=O)(=O)O)c(N=Nc3ccc(/C=C/c4ccc(N=Nc5ccc6cc(S(=O)(=O)O)c(N)cc6c5O)cc4S(=O)(=O)O)c(S(=O)(=O)O)c3)c(O)c2c1.OCCN(CCO)CCO.OCCNCCO. The number of phenolic OH excluding ortho intramolecular Hbond substituents is 2. The highest BCUT2D eigenvalue weighted by molar-refractivity contribution is 7.86. The average Bonchev–Trinajstić information content (AvgIpc) is 3.33. The second-order valence-electron chi connectivity index (χ2n) is 15.4. The van der Waals surface area contributed by atoms with Crippen LogP contribution in [0.25, 0.3) is 33.7 Å². The van der Waals surface area contributed by atoms with Gasteiger partial charge in [-0.15, -0.1) is 10.2 Å². The molecule has 0 bridgehead atoms. The summed E-state index contributed by atoms with van der Waals surface area (Å²) in [6, 6.07) is 16.2. The number of nitrogens with one attached hydrogen (secondary N) is 1. The molecule has 6 rings (SSSR count). The van der Waals surface area contributed by atoms with Gasteiger partial charge in [-0.3, -0.25) is 23.1 Å². The van der Waals surface area contributed by atoms with Crippen LogP contribution in [0, 0.1) is 0 Å². The van der Waals surface area contributed by atoms with E-state index in [1.807, 2.05) is 0 Å². The molecule has 0 amide bonds. The molecule has 0 saturated carbocycles. The summed E-state index contributed by atoms with van der Waals surface area (Å²) in [4.78, 5) is -1.13. The van der Waals surface area contributed by atoms with Crippen molar-refractivity contribution in [2.24, 2.45) is 20.5 Å². The first-order chi connectivity index (χ1) is 35.2. The summed E-state index contributed by atoms with van der Waals surface area (Å²) in [6.45, 7) is 3.17. The normalized spacial score (nSPS) is 12.5. The van der Waals surface area contributed by atoms with Crippen molar-refractivity contribution in [3.8, 4) is 11.5 Å². The molecule has 0 spiro atoms. The fraction of sp³-hybridized carbons (Fsp3) is 0.227. The highest BCUT2D eigenvalue weighted by atomic mass is 32.2. The Morgan fingerprint density at radius 1 is 0.480 bits per heavy atom. The van der Waals surface area contributed by atoms with E-state index in [2.05, 4.69) is 25.8 Å². The van der Waals surface area contributed by atoms with Crippen LogP contribution < -0.4 is 16.8 Å². The van der Waals surface area contributed by atoms with Gasteiger partial charge in [0.05, 0.1) is 50.1 Å². The number of aromatic hydroxyl groups is 2. The van der Waals surface area contributed by atoms with E-state index in [1.54, 1.807) is 4.90 Å². The molecule has 406 valence electrons. The lowest BCUT2D eigenvalue weighted by Gasteiger charge is -2.17. The van der Waals surface area contributed by atoms with Crippen LogP contribution in [0.3, 0.4) is 0 Å². The van der Waals surface area contributed by atoms with Crippen molar-refractivity contribution in [1.29, 1.82) is 0 Å². The number of benzene rings is 6. The quantitative estimate of drug-likeness (QED) is 0.0171. The van der Waals surface area contributed by atoms with Crippen molar-refractivity contribution in [1.82, 2.24) is 10.2 Å². The van der Waals surface area contributed by atoms with Gasteiger partial charge in [-0.05, 0) is 82.6 Å². The number of phenols is 2. The van der Waals surface area contributed by atoms with E-state index in [1.165, 1.54) is 36.4 Å². The molecular formula is C44H52N8O19S4. The topological polar surface area (TPSA) is 476 Å². The smallest absolute Gasteiger partial charge is 0.296 e. The zero-order chi connectivity index (χ0) is 55.9. The Balaban J connectivity index is 0.000000613. The third-order valence-electron chi connectivity index (χ3n) is 10.1. The third kappa shape index (κ3) is 17.2. The Labute approximate surface area is 429 Å². The van der Waals surface area contributed by atoms with E-state index in [-0.39, 0.29) is 94.1 Å². The molecule has 0 heterocycles. The van der Waals surface area contributed by atoms with Crippen molar-refractivity contribution >= 4 is 108 Å². The van der Waals surface area contributed by atoms with Gasteiger partial charge in [0.1, 0.15) is 31.0 Å². The van der Waals surface area contributed by atoms with Crippen molar-refractivity contribution in [3.05, 3.63) is 96.1 Å². The lowest BCUT2D eigenvalue weighted by molar-refractivity contribution is 0.136. The minimum Gasteiger partial charge on any atom is -0.505 e. The van der Waals surface area contributed by atoms with Crippen LogP contribution >= 0.6 is 0 Å². The van der Waals surface area contributed by atoms with Crippen molar-refractivity contribution in [2.75, 3.05) is 77.2 Å². The summed E-state index contributed by atoms with van der Waals surface area (Å²) in [5, 5.41) is 81.8. The highest BCUT2D eigenvalue weighted by Crippen LogP contribution is 2.43. The van der Waals surface area contributed by atoms with Gasteiger partial charge in [0.2, 0.25) is 0 Å². The molecular weight excluding hydrogens is 1070 g/mol. The molecule has 0 unspecified atom stereocenters. The lowest BCUT2D eigenvalue weighted by Crippen LogP contribution is -2.32. The van der Waals surface area contributed by atoms with Gasteiger partial charge in [0.15, 0.2) is 11.5 Å². The largest absolute Gasteiger partial charge is 0.505 e. The number of hydrogen-bond donors (Lipinski definition) is 14. The molecule has 0 aliphatic rings. The first-order valence-corrected chi connectivity index (χ1v) is 27.2. The Kier molecular flexibility index (Phi) is 21.7. The molecule has 75 heavy (non-hydrogen) atoms. The first-order valence-electron chi connectivity index (χ1n) is 21.5. The van der Waals surface area contributed by atoms with Gasteiger partial charge in [0.25, 0.3) is 40.5 Å². The molecule has 6 aromatic rings. The number of nitrogens with two attached hydrogens (primary N) is 2. The van der Waals surface area contributed by atoms with Crippen LogP contribution in [-0.2, 0) is 40.5 Å². The molecule has 6 aromatic carbocycles. The van der Waals surface area contributed by atoms with Crippen molar-refractivity contribution in [3.63, 3.8) is 0 Å². The van der Waals surface area contributed by atoms with Gasteiger partial charge in [0, 0.05) is 49.2 Å². The summed E-state index contributed by atoms with van der Waals surface area (Å²) in [6.07, 6.45) is 2.14. The van der Waals surface area contributed by atoms with Crippen LogP contribution in [0.4, 0.5) is 34.1 Å². The van der Waals surface area contributed by atoms with E-state index >= 15 is 0 Å². The zero-order valence-electron chi connectivity index (χ0n) is 39.0. The molecule has 0 fully saturated rings. The summed E-state index contributed by atoms with van der Waals surface area (Å²) in [7, 11) is -19.7. The fourth-order valence-electron chi connectivity index (χ4n) is 6.63. The summed E-state index contributed by atoms with van der Waals surface area (Å²) in [5.41, 5.74) is 9.57. The number of nitrogens with zero attached hydrogens (tertiary/aromatic N) is 5. The Morgan fingerprint density at radius 2 is 0.920 bits per heavy atom. The van der Waals surface area contributed by atoms with E-state index in [0.29, 0.717) is 32.7 Å². The van der Waals surface area contributed by atoms with E-state index in [0.717, 1.165) is 60.7 Å². The van der Waals surface area contributed by atoms with Gasteiger partial charge < -0.3 is 52.5 Å². The maximum atomic E-state index is 12.4. The molecule has 0 radical (unpaired) electrons. The van der Waals surface area contributed by atoms with Crippen LogP contribution in [-0.4, -0.2) is 158 Å². The average molecular weight is 1130 g/mol. The molecule has 27 nitrogen and oxygen atoms in total. The minimum absolute atomic E-state index is 0.0438. The van der Waals surface area contributed by atoms with Crippen molar-refractivity contribution < 1.29 is 87.6 Å². The Morgan fingerprint density at radius 3 is 1.37 bits per heavy atom. The van der Waals surface area contributed by atoms with E-state index in [4.69, 9.17) is 37.0 Å². The number of azo groups is 2. The monoisotopic (exact) mass is 1120 g/mol. The van der Waals surface area contributed by atoms with Crippen LogP contribution in [0.1, 0.15) is 11.1 Å². The molecule has 16 N–H and O–H groups in total. The van der Waals surface area contributed by atoms with E-state index in [9.17, 15) is 62.1 Å². The summed E-state index contributed by atoms with van der Waals surface area (Å²) >= 11 is 0. The summed E-state index contributed by atoms with van der Waals surface area (Å²) < 4.78 is 136. The number of hydrogen-bond acceptors (Lipinski definition) is 23. The number of rotatable bonds is 20. The number of aliphatic hydroxyl groups excluding tert-OH is 5. The minimum atomic E-state index is -5.04. The standard InChI is InChI=1S/C34H26N6O14S4.C6H15NO3.C4H11NO2/c35-21-7-3-19-12-31(58(52,53)54)32(34(42)24(19)13-21)40-38-23-9-5-18(29(15-23)56(46,47)48)2-1-17-4-8-22(14-28(17)55(43,44)45)37-39-27-10-6-20-11-30(57(49,50)51)26(36)16-25(20)33(27)41;8-4-1-7(2-5-9)3-6-10;6-3-1-5-2-4-7/h1-16,41-42H,35-36H2,(H,43,44,45)(H,46,47,48)(H,49,50,51)(H,52,53,54);8-10H,1-6H2;5-7H,1-4H2/b2-1+,39-37?,40-38?;;. The van der Waals surface area contributed by atoms with Gasteiger partial charge in [-0.25, -0.2) is 0 Å². The zero-order valence-corrected chi connectivity index (χ0v) is 42.3. The lowest BCUT2D eigenvalue weighted by atomic mass is 10.1. The number of nitrogen functional groups attached to an aromatic ring is 2. The molecule has 0 saturated heterocycles. The molecule has 0 aliphatic heterocycles. The van der Waals surface area contributed by atoms with Crippen LogP contribution in [0.2, 0.25) is 0 Å². The Hall–Kier alpha value is -6.66. The predicted molar refractivity (Wildman–Crippen MR) is 274 cm³/mol. The number of anilines is 2. The molecule has 31 heteroatoms. The third-order valence-corrected chi connectivity index (χ3v) is 13.7. The maximum Gasteiger partial charge on any atom is 0.296 e.